The normalized spacial score (nSPS) is 22.1. The van der Waals surface area contributed by atoms with Gasteiger partial charge in [-0.05, 0) is 36.6 Å². The minimum Gasteiger partial charge on any atom is -0.350 e. The zero-order valence-corrected chi connectivity index (χ0v) is 14.1. The second-order valence-corrected chi connectivity index (χ2v) is 6.55. The van der Waals surface area contributed by atoms with E-state index < -0.39 is 0 Å². The molecule has 2 aliphatic rings. The lowest BCUT2D eigenvalue weighted by Crippen LogP contribution is -2.43. The molecular formula is C20H22N2O3. The Morgan fingerprint density at radius 2 is 2.04 bits per heavy atom. The van der Waals surface area contributed by atoms with E-state index in [1.54, 1.807) is 12.3 Å². The molecule has 3 heterocycles. The number of nitrogens with zero attached hydrogens (tertiary/aromatic N) is 2. The Balaban J connectivity index is 1.46. The van der Waals surface area contributed by atoms with Crippen LogP contribution in [0.2, 0.25) is 0 Å². The maximum atomic E-state index is 12.6. The van der Waals surface area contributed by atoms with E-state index in [4.69, 9.17) is 9.47 Å². The van der Waals surface area contributed by atoms with Crippen LogP contribution in [0.15, 0.2) is 42.6 Å². The summed E-state index contributed by atoms with van der Waals surface area (Å²) in [6, 6.07) is 9.89. The van der Waals surface area contributed by atoms with Crippen molar-refractivity contribution in [3.05, 3.63) is 48.2 Å². The van der Waals surface area contributed by atoms with Gasteiger partial charge in [0.15, 0.2) is 6.29 Å². The van der Waals surface area contributed by atoms with Crippen molar-refractivity contribution < 1.29 is 14.3 Å². The average molecular weight is 338 g/mol. The van der Waals surface area contributed by atoms with Crippen LogP contribution in [0, 0.1) is 5.92 Å². The molecule has 4 rings (SSSR count). The number of amides is 1. The molecule has 5 nitrogen and oxygen atoms in total. The largest absolute Gasteiger partial charge is 0.350 e. The molecule has 1 atom stereocenters. The fourth-order valence-corrected chi connectivity index (χ4v) is 3.61. The van der Waals surface area contributed by atoms with E-state index in [9.17, 15) is 4.79 Å². The van der Waals surface area contributed by atoms with Gasteiger partial charge in [0, 0.05) is 36.7 Å². The van der Waals surface area contributed by atoms with Gasteiger partial charge in [-0.1, -0.05) is 18.2 Å². The Morgan fingerprint density at radius 3 is 2.92 bits per heavy atom. The Hall–Kier alpha value is -2.24. The predicted molar refractivity (Wildman–Crippen MR) is 95.8 cm³/mol. The van der Waals surface area contributed by atoms with Crippen molar-refractivity contribution in [2.45, 2.75) is 19.1 Å². The first kappa shape index (κ1) is 16.2. The Bertz CT molecular complexity index is 778. The Morgan fingerprint density at radius 1 is 1.20 bits per heavy atom. The number of likely N-dealkylation sites (tertiary alicyclic amines) is 1. The summed E-state index contributed by atoms with van der Waals surface area (Å²) in [6.07, 6.45) is 7.22. The van der Waals surface area contributed by atoms with Gasteiger partial charge >= 0.3 is 0 Å². The van der Waals surface area contributed by atoms with Crippen LogP contribution in [0.25, 0.3) is 17.0 Å². The third-order valence-electron chi connectivity index (χ3n) is 4.89. The molecule has 1 aromatic heterocycles. The highest BCUT2D eigenvalue weighted by molar-refractivity contribution is 5.95. The molecule has 130 valence electrons. The van der Waals surface area contributed by atoms with Gasteiger partial charge in [0.05, 0.1) is 18.7 Å². The van der Waals surface area contributed by atoms with Gasteiger partial charge in [-0.15, -0.1) is 0 Å². The number of carbonyl (C=O) groups is 1. The van der Waals surface area contributed by atoms with Gasteiger partial charge in [0.1, 0.15) is 0 Å². The third-order valence-corrected chi connectivity index (χ3v) is 4.89. The summed E-state index contributed by atoms with van der Waals surface area (Å²) in [6.45, 7) is 2.81. The molecule has 2 saturated heterocycles. The van der Waals surface area contributed by atoms with E-state index in [1.807, 2.05) is 41.3 Å². The number of hydrogen-bond donors (Lipinski definition) is 0. The Kier molecular flexibility index (Phi) is 4.76. The summed E-state index contributed by atoms with van der Waals surface area (Å²) in [7, 11) is 0. The van der Waals surface area contributed by atoms with Gasteiger partial charge in [-0.2, -0.15) is 0 Å². The number of pyridine rings is 1. The van der Waals surface area contributed by atoms with E-state index in [-0.39, 0.29) is 18.1 Å². The second-order valence-electron chi connectivity index (χ2n) is 6.55. The standard InChI is InChI=1S/C20H22N2O3/c23-19(22-11-3-4-16(14-22)20-24-12-13-25-20)8-7-15-9-10-21-18-6-2-1-5-17(15)18/h1-2,5-10,16,20H,3-4,11-14H2/b8-7-/t16-/m0/s1. The first-order valence-corrected chi connectivity index (χ1v) is 8.85. The zero-order chi connectivity index (χ0) is 17.1. The van der Waals surface area contributed by atoms with Crippen molar-refractivity contribution >= 4 is 22.9 Å². The Labute approximate surface area is 147 Å². The molecule has 0 unspecified atom stereocenters. The number of piperidine rings is 1. The molecule has 2 aliphatic heterocycles. The number of hydrogen-bond acceptors (Lipinski definition) is 4. The average Bonchev–Trinajstić information content (AvgIpc) is 3.21. The first-order valence-electron chi connectivity index (χ1n) is 8.85. The lowest BCUT2D eigenvalue weighted by atomic mass is 9.97. The fourth-order valence-electron chi connectivity index (χ4n) is 3.61. The van der Waals surface area contributed by atoms with Crippen molar-refractivity contribution in [3.8, 4) is 0 Å². The summed E-state index contributed by atoms with van der Waals surface area (Å²) < 4.78 is 11.2. The van der Waals surface area contributed by atoms with Crippen molar-refractivity contribution in [3.63, 3.8) is 0 Å². The minimum absolute atomic E-state index is 0.0450. The fraction of sp³-hybridized carbons (Fsp3) is 0.400. The van der Waals surface area contributed by atoms with Crippen LogP contribution in [0.1, 0.15) is 18.4 Å². The minimum atomic E-state index is -0.149. The molecule has 5 heteroatoms. The first-order chi connectivity index (χ1) is 12.3. The SMILES string of the molecule is O=C(/C=C\c1ccnc2ccccc12)N1CCC[C@H](C2OCCO2)C1. The van der Waals surface area contributed by atoms with Crippen LogP contribution >= 0.6 is 0 Å². The molecule has 25 heavy (non-hydrogen) atoms. The van der Waals surface area contributed by atoms with Gasteiger partial charge in [-0.25, -0.2) is 0 Å². The van der Waals surface area contributed by atoms with Crippen molar-refractivity contribution in [1.82, 2.24) is 9.88 Å². The molecule has 1 aromatic carbocycles. The number of ether oxygens (including phenoxy) is 2. The maximum Gasteiger partial charge on any atom is 0.246 e. The van der Waals surface area contributed by atoms with Crippen molar-refractivity contribution in [2.75, 3.05) is 26.3 Å². The number of fused-ring (bicyclic) bond motifs is 1. The second kappa shape index (κ2) is 7.33. The molecule has 0 aliphatic carbocycles. The molecule has 1 amide bonds. The van der Waals surface area contributed by atoms with Crippen molar-refractivity contribution in [1.29, 1.82) is 0 Å². The van der Waals surface area contributed by atoms with Crippen molar-refractivity contribution in [2.24, 2.45) is 5.92 Å². The molecule has 0 saturated carbocycles. The molecule has 2 aromatic rings. The summed E-state index contributed by atoms with van der Waals surface area (Å²) in [4.78, 5) is 18.9. The zero-order valence-electron chi connectivity index (χ0n) is 14.1. The van der Waals surface area contributed by atoms with Gasteiger partial charge in [0.2, 0.25) is 5.91 Å². The van der Waals surface area contributed by atoms with Crippen LogP contribution in [0.5, 0.6) is 0 Å². The van der Waals surface area contributed by atoms with E-state index >= 15 is 0 Å². The van der Waals surface area contributed by atoms with Crippen LogP contribution in [-0.4, -0.2) is 48.4 Å². The number of aromatic nitrogens is 1. The maximum absolute atomic E-state index is 12.6. The summed E-state index contributed by atoms with van der Waals surface area (Å²) in [5, 5.41) is 1.05. The number of para-hydroxylation sites is 1. The van der Waals surface area contributed by atoms with Gasteiger partial charge in [0.25, 0.3) is 0 Å². The highest BCUT2D eigenvalue weighted by atomic mass is 16.7. The molecule has 2 fully saturated rings. The highest BCUT2D eigenvalue weighted by Gasteiger charge is 2.32. The number of rotatable bonds is 3. The van der Waals surface area contributed by atoms with Crippen LogP contribution in [0.3, 0.4) is 0 Å². The summed E-state index contributed by atoms with van der Waals surface area (Å²) >= 11 is 0. The van der Waals surface area contributed by atoms with Crippen LogP contribution < -0.4 is 0 Å². The lowest BCUT2D eigenvalue weighted by Gasteiger charge is -2.34. The summed E-state index contributed by atoms with van der Waals surface area (Å²) in [5.41, 5.74) is 1.95. The topological polar surface area (TPSA) is 51.7 Å². The predicted octanol–water partition coefficient (Wildman–Crippen LogP) is 2.86. The van der Waals surface area contributed by atoms with E-state index in [0.29, 0.717) is 19.8 Å². The molecule has 0 spiro atoms. The number of benzene rings is 1. The molecule has 0 bridgehead atoms. The van der Waals surface area contributed by atoms with E-state index in [0.717, 1.165) is 35.9 Å². The highest BCUT2D eigenvalue weighted by Crippen LogP contribution is 2.25. The molecule has 0 radical (unpaired) electrons. The third kappa shape index (κ3) is 3.57. The smallest absolute Gasteiger partial charge is 0.246 e. The van der Waals surface area contributed by atoms with Gasteiger partial charge in [-0.3, -0.25) is 9.78 Å². The van der Waals surface area contributed by atoms with Gasteiger partial charge < -0.3 is 14.4 Å². The van der Waals surface area contributed by atoms with Crippen LogP contribution in [0.4, 0.5) is 0 Å². The molecular weight excluding hydrogens is 316 g/mol. The quantitative estimate of drug-likeness (QED) is 0.808. The molecule has 0 N–H and O–H groups in total. The number of carbonyl (C=O) groups excluding carboxylic acids is 1. The monoisotopic (exact) mass is 338 g/mol. The van der Waals surface area contributed by atoms with E-state index in [2.05, 4.69) is 4.98 Å². The summed E-state index contributed by atoms with van der Waals surface area (Å²) in [5.74, 6) is 0.318. The van der Waals surface area contributed by atoms with E-state index in [1.165, 1.54) is 0 Å². The lowest BCUT2D eigenvalue weighted by molar-refractivity contribution is -0.134. The van der Waals surface area contributed by atoms with Crippen LogP contribution in [-0.2, 0) is 14.3 Å².